The van der Waals surface area contributed by atoms with Crippen molar-refractivity contribution in [2.45, 2.75) is 0 Å². The van der Waals surface area contributed by atoms with Crippen molar-refractivity contribution in [1.29, 1.82) is 0 Å². The van der Waals surface area contributed by atoms with Gasteiger partial charge in [0.05, 0.1) is 4.88 Å². The number of rotatable bonds is 3. The maximum Gasteiger partial charge on any atom is 0.160 e. The van der Waals surface area contributed by atoms with E-state index < -0.39 is 0 Å². The first-order valence-electron chi connectivity index (χ1n) is 4.77. The van der Waals surface area contributed by atoms with Crippen LogP contribution >= 0.6 is 33.9 Å². The molecule has 0 aliphatic heterocycles. The number of carbonyl (C=O) groups excluding carboxylic acids is 1. The number of halogens is 1. The van der Waals surface area contributed by atoms with Crippen molar-refractivity contribution in [3.8, 4) is 0 Å². The second kappa shape index (κ2) is 5.41. The van der Waals surface area contributed by atoms with E-state index in [1.165, 1.54) is 16.9 Å². The maximum atomic E-state index is 10.6. The number of aldehydes is 1. The Balaban J connectivity index is 2.23. The molecule has 0 saturated heterocycles. The van der Waals surface area contributed by atoms with Gasteiger partial charge in [-0.1, -0.05) is 36.4 Å². The molecule has 0 atom stereocenters. The third-order valence-corrected chi connectivity index (χ3v) is 4.36. The number of benzene rings is 1. The SMILES string of the molecule is O=Cc1cc(I)c(/C=C/c2ccccc2)s1. The van der Waals surface area contributed by atoms with Gasteiger partial charge in [0, 0.05) is 8.45 Å². The summed E-state index contributed by atoms with van der Waals surface area (Å²) in [5.41, 5.74) is 1.17. The normalized spacial score (nSPS) is 10.8. The van der Waals surface area contributed by atoms with Crippen molar-refractivity contribution in [1.82, 2.24) is 0 Å². The number of thiophene rings is 1. The summed E-state index contributed by atoms with van der Waals surface area (Å²) in [4.78, 5) is 12.5. The van der Waals surface area contributed by atoms with Gasteiger partial charge in [-0.2, -0.15) is 0 Å². The van der Waals surface area contributed by atoms with Crippen LogP contribution in [0.3, 0.4) is 0 Å². The van der Waals surface area contributed by atoms with Crippen molar-refractivity contribution in [2.75, 3.05) is 0 Å². The Labute approximate surface area is 112 Å². The first-order valence-corrected chi connectivity index (χ1v) is 6.67. The molecule has 0 radical (unpaired) electrons. The van der Waals surface area contributed by atoms with Crippen LogP contribution in [0.25, 0.3) is 12.2 Å². The minimum atomic E-state index is 0.775. The van der Waals surface area contributed by atoms with Crippen LogP contribution in [0, 0.1) is 3.57 Å². The van der Waals surface area contributed by atoms with Crippen LogP contribution in [0.1, 0.15) is 20.1 Å². The lowest BCUT2D eigenvalue weighted by Gasteiger charge is -1.91. The monoisotopic (exact) mass is 340 g/mol. The van der Waals surface area contributed by atoms with Crippen molar-refractivity contribution < 1.29 is 4.79 Å². The fourth-order valence-electron chi connectivity index (χ4n) is 1.31. The molecule has 0 unspecified atom stereocenters. The summed E-state index contributed by atoms with van der Waals surface area (Å²) < 4.78 is 1.12. The maximum absolute atomic E-state index is 10.6. The smallest absolute Gasteiger partial charge is 0.160 e. The molecule has 2 aromatic rings. The van der Waals surface area contributed by atoms with Gasteiger partial charge in [0.15, 0.2) is 6.29 Å². The predicted molar refractivity (Wildman–Crippen MR) is 77.8 cm³/mol. The highest BCUT2D eigenvalue weighted by atomic mass is 127. The molecule has 0 aliphatic rings. The zero-order chi connectivity index (χ0) is 11.4. The molecule has 16 heavy (non-hydrogen) atoms. The number of carbonyl (C=O) groups is 1. The molecule has 80 valence electrons. The van der Waals surface area contributed by atoms with Crippen LogP contribution in [-0.2, 0) is 0 Å². The molecule has 0 amide bonds. The average molecular weight is 340 g/mol. The van der Waals surface area contributed by atoms with Gasteiger partial charge in [0.2, 0.25) is 0 Å². The van der Waals surface area contributed by atoms with Crippen LogP contribution in [0.15, 0.2) is 36.4 Å². The third-order valence-electron chi connectivity index (χ3n) is 2.08. The summed E-state index contributed by atoms with van der Waals surface area (Å²) in [7, 11) is 0. The summed E-state index contributed by atoms with van der Waals surface area (Å²) in [6, 6.07) is 12.0. The van der Waals surface area contributed by atoms with Crippen molar-refractivity contribution in [2.24, 2.45) is 0 Å². The molecule has 1 aromatic heterocycles. The molecule has 0 bridgehead atoms. The average Bonchev–Trinajstić information content (AvgIpc) is 2.69. The molecular weight excluding hydrogens is 331 g/mol. The van der Waals surface area contributed by atoms with Crippen LogP contribution < -0.4 is 0 Å². The minimum Gasteiger partial charge on any atom is -0.297 e. The topological polar surface area (TPSA) is 17.1 Å². The van der Waals surface area contributed by atoms with Crippen molar-refractivity contribution >= 4 is 52.4 Å². The summed E-state index contributed by atoms with van der Waals surface area (Å²) in [5, 5.41) is 0. The largest absolute Gasteiger partial charge is 0.297 e. The van der Waals surface area contributed by atoms with Gasteiger partial charge in [-0.15, -0.1) is 11.3 Å². The van der Waals surface area contributed by atoms with Crippen molar-refractivity contribution in [3.63, 3.8) is 0 Å². The Bertz CT molecular complexity index is 514. The van der Waals surface area contributed by atoms with Gasteiger partial charge in [-0.05, 0) is 40.3 Å². The molecule has 0 spiro atoms. The summed E-state index contributed by atoms with van der Waals surface area (Å²) in [6.07, 6.45) is 5.00. The van der Waals surface area contributed by atoms with E-state index >= 15 is 0 Å². The van der Waals surface area contributed by atoms with E-state index in [1.807, 2.05) is 24.3 Å². The lowest BCUT2D eigenvalue weighted by Crippen LogP contribution is -1.69. The lowest BCUT2D eigenvalue weighted by atomic mass is 10.2. The fourth-order valence-corrected chi connectivity index (χ4v) is 3.14. The van der Waals surface area contributed by atoms with Crippen molar-refractivity contribution in [3.05, 3.63) is 55.3 Å². The molecule has 0 fully saturated rings. The standard InChI is InChI=1S/C13H9IOS/c14-12-8-11(9-15)16-13(12)7-6-10-4-2-1-3-5-10/h1-9H/b7-6+. The van der Waals surface area contributed by atoms with Gasteiger partial charge in [-0.3, -0.25) is 4.79 Å². The summed E-state index contributed by atoms with van der Waals surface area (Å²) in [6.45, 7) is 0. The molecule has 3 heteroatoms. The van der Waals surface area contributed by atoms with E-state index in [-0.39, 0.29) is 0 Å². The molecule has 1 nitrogen and oxygen atoms in total. The summed E-state index contributed by atoms with van der Waals surface area (Å²) in [5.74, 6) is 0. The van der Waals surface area contributed by atoms with Crippen LogP contribution in [0.5, 0.6) is 0 Å². The number of hydrogen-bond donors (Lipinski definition) is 0. The van der Waals surface area contributed by atoms with Crippen LogP contribution in [0.2, 0.25) is 0 Å². The van der Waals surface area contributed by atoms with Gasteiger partial charge >= 0.3 is 0 Å². The van der Waals surface area contributed by atoms with Crippen LogP contribution in [0.4, 0.5) is 0 Å². The van der Waals surface area contributed by atoms with E-state index in [4.69, 9.17) is 0 Å². The fraction of sp³-hybridized carbons (Fsp3) is 0. The van der Waals surface area contributed by atoms with E-state index in [9.17, 15) is 4.79 Å². The lowest BCUT2D eigenvalue weighted by molar-refractivity contribution is 0.112. The number of hydrogen-bond acceptors (Lipinski definition) is 2. The Morgan fingerprint density at radius 3 is 2.50 bits per heavy atom. The Kier molecular flexibility index (Phi) is 3.90. The Morgan fingerprint density at radius 2 is 1.88 bits per heavy atom. The first kappa shape index (κ1) is 11.5. The van der Waals surface area contributed by atoms with Gasteiger partial charge in [-0.25, -0.2) is 0 Å². The van der Waals surface area contributed by atoms with Gasteiger partial charge in [0.1, 0.15) is 0 Å². The molecule has 2 rings (SSSR count). The second-order valence-corrected chi connectivity index (χ2v) is 5.50. The first-order chi connectivity index (χ1) is 7.79. The predicted octanol–water partition coefficient (Wildman–Crippen LogP) is 4.34. The minimum absolute atomic E-state index is 0.775. The quantitative estimate of drug-likeness (QED) is 0.600. The molecule has 1 heterocycles. The van der Waals surface area contributed by atoms with Crippen LogP contribution in [-0.4, -0.2) is 6.29 Å². The highest BCUT2D eigenvalue weighted by Crippen LogP contribution is 2.25. The third kappa shape index (κ3) is 2.80. The second-order valence-electron chi connectivity index (χ2n) is 3.22. The van der Waals surface area contributed by atoms with Gasteiger partial charge in [0.25, 0.3) is 0 Å². The zero-order valence-electron chi connectivity index (χ0n) is 8.39. The molecule has 0 N–H and O–H groups in total. The summed E-state index contributed by atoms with van der Waals surface area (Å²) >= 11 is 3.76. The molecule has 0 saturated carbocycles. The van der Waals surface area contributed by atoms with E-state index in [2.05, 4.69) is 46.9 Å². The highest BCUT2D eigenvalue weighted by molar-refractivity contribution is 14.1. The van der Waals surface area contributed by atoms with E-state index in [1.54, 1.807) is 0 Å². The molecule has 0 aliphatic carbocycles. The molecule has 1 aromatic carbocycles. The highest BCUT2D eigenvalue weighted by Gasteiger charge is 2.02. The molecular formula is C13H9IOS. The Morgan fingerprint density at radius 1 is 1.12 bits per heavy atom. The Hall–Kier alpha value is -0.940. The zero-order valence-corrected chi connectivity index (χ0v) is 11.4. The van der Waals surface area contributed by atoms with E-state index in [0.717, 1.165) is 19.6 Å². The van der Waals surface area contributed by atoms with E-state index in [0.29, 0.717) is 0 Å². The van der Waals surface area contributed by atoms with Gasteiger partial charge < -0.3 is 0 Å².